The summed E-state index contributed by atoms with van der Waals surface area (Å²) < 4.78 is 10.6. The molecule has 0 aromatic carbocycles. The van der Waals surface area contributed by atoms with E-state index in [1.165, 1.54) is 19.3 Å². The van der Waals surface area contributed by atoms with Crippen LogP contribution in [0.2, 0.25) is 0 Å². The van der Waals surface area contributed by atoms with Gasteiger partial charge in [-0.15, -0.1) is 0 Å². The molecule has 4 bridgehead atoms. The fourth-order valence-electron chi connectivity index (χ4n) is 6.31. The predicted molar refractivity (Wildman–Crippen MR) is 102 cm³/mol. The molecular formula is C22H29NO5. The Balaban J connectivity index is 1.47. The van der Waals surface area contributed by atoms with Gasteiger partial charge in [-0.3, -0.25) is 9.59 Å². The summed E-state index contributed by atoms with van der Waals surface area (Å²) in [5.41, 5.74) is 1.31. The molecule has 4 aliphatic rings. The second-order valence-electron chi connectivity index (χ2n) is 9.04. The van der Waals surface area contributed by atoms with Crippen molar-refractivity contribution in [3.05, 3.63) is 22.5 Å². The molecular weight excluding hydrogens is 358 g/mol. The lowest BCUT2D eigenvalue weighted by Gasteiger charge is -2.55. The van der Waals surface area contributed by atoms with E-state index in [1.54, 1.807) is 20.8 Å². The van der Waals surface area contributed by atoms with Gasteiger partial charge in [-0.2, -0.15) is 0 Å². The maximum atomic E-state index is 13.0. The fraction of sp³-hybridized carbons (Fsp3) is 0.682. The van der Waals surface area contributed by atoms with Crippen LogP contribution in [-0.4, -0.2) is 35.9 Å². The SMILES string of the molecule is CCOC(=O)c1c(C)[nH]c(C)c1C(=O)COC(=O)C12CC3CC(CC(C3)C1)C2. The quantitative estimate of drug-likeness (QED) is 0.593. The van der Waals surface area contributed by atoms with Crippen LogP contribution in [0, 0.1) is 37.0 Å². The van der Waals surface area contributed by atoms with Crippen LogP contribution in [0.4, 0.5) is 0 Å². The van der Waals surface area contributed by atoms with Gasteiger partial charge in [0, 0.05) is 11.4 Å². The van der Waals surface area contributed by atoms with Crippen LogP contribution in [-0.2, 0) is 14.3 Å². The zero-order valence-electron chi connectivity index (χ0n) is 16.9. The highest BCUT2D eigenvalue weighted by Gasteiger charge is 2.55. The molecule has 0 amide bonds. The molecule has 152 valence electrons. The number of aryl methyl sites for hydroxylation is 2. The maximum Gasteiger partial charge on any atom is 0.340 e. The van der Waals surface area contributed by atoms with Crippen LogP contribution in [0.1, 0.15) is 77.6 Å². The molecule has 1 heterocycles. The molecule has 0 saturated heterocycles. The zero-order valence-corrected chi connectivity index (χ0v) is 16.9. The number of carbonyl (C=O) groups is 3. The maximum absolute atomic E-state index is 13.0. The topological polar surface area (TPSA) is 85.5 Å². The Kier molecular flexibility index (Phi) is 4.84. The molecule has 4 saturated carbocycles. The van der Waals surface area contributed by atoms with Gasteiger partial charge in [-0.1, -0.05) is 0 Å². The molecule has 5 rings (SSSR count). The van der Waals surface area contributed by atoms with Crippen molar-refractivity contribution in [1.82, 2.24) is 4.98 Å². The molecule has 6 nitrogen and oxygen atoms in total. The van der Waals surface area contributed by atoms with Gasteiger partial charge in [-0.05, 0) is 77.0 Å². The third-order valence-corrected chi connectivity index (χ3v) is 6.94. The van der Waals surface area contributed by atoms with Gasteiger partial charge in [0.05, 0.1) is 23.1 Å². The number of hydrogen-bond donors (Lipinski definition) is 1. The number of ketones is 1. The number of nitrogens with one attached hydrogen (secondary N) is 1. The summed E-state index contributed by atoms with van der Waals surface area (Å²) in [4.78, 5) is 41.1. The second kappa shape index (κ2) is 7.05. The van der Waals surface area contributed by atoms with Crippen molar-refractivity contribution in [3.63, 3.8) is 0 Å². The summed E-state index contributed by atoms with van der Waals surface area (Å²) in [7, 11) is 0. The first-order valence-electron chi connectivity index (χ1n) is 10.4. The van der Waals surface area contributed by atoms with Crippen molar-refractivity contribution in [3.8, 4) is 0 Å². The molecule has 1 N–H and O–H groups in total. The van der Waals surface area contributed by atoms with E-state index in [9.17, 15) is 14.4 Å². The smallest absolute Gasteiger partial charge is 0.340 e. The Morgan fingerprint density at radius 1 is 0.929 bits per heavy atom. The Labute approximate surface area is 165 Å². The molecule has 1 aromatic rings. The molecule has 0 atom stereocenters. The summed E-state index contributed by atoms with van der Waals surface area (Å²) in [5, 5.41) is 0. The van der Waals surface area contributed by atoms with E-state index in [0.717, 1.165) is 19.3 Å². The Morgan fingerprint density at radius 3 is 2.00 bits per heavy atom. The number of ether oxygens (including phenoxy) is 2. The predicted octanol–water partition coefficient (Wildman–Crippen LogP) is 3.75. The van der Waals surface area contributed by atoms with Crippen molar-refractivity contribution in [2.75, 3.05) is 13.2 Å². The third-order valence-electron chi connectivity index (χ3n) is 6.94. The van der Waals surface area contributed by atoms with Crippen molar-refractivity contribution < 1.29 is 23.9 Å². The Morgan fingerprint density at radius 2 is 1.46 bits per heavy atom. The number of esters is 2. The number of aromatic nitrogens is 1. The lowest BCUT2D eigenvalue weighted by molar-refractivity contribution is -0.170. The molecule has 0 unspecified atom stereocenters. The largest absolute Gasteiger partial charge is 0.462 e. The van der Waals surface area contributed by atoms with Crippen LogP contribution in [0.15, 0.2) is 0 Å². The number of aromatic amines is 1. The van der Waals surface area contributed by atoms with E-state index in [2.05, 4.69) is 4.98 Å². The van der Waals surface area contributed by atoms with Gasteiger partial charge in [0.2, 0.25) is 5.78 Å². The minimum absolute atomic E-state index is 0.220. The lowest BCUT2D eigenvalue weighted by atomic mass is 9.49. The van der Waals surface area contributed by atoms with Gasteiger partial charge in [0.15, 0.2) is 6.61 Å². The Hall–Kier alpha value is -2.11. The summed E-state index contributed by atoms with van der Waals surface area (Å²) in [5.74, 6) is 0.809. The average molecular weight is 387 g/mol. The first-order chi connectivity index (χ1) is 13.3. The van der Waals surface area contributed by atoms with Crippen LogP contribution >= 0.6 is 0 Å². The van der Waals surface area contributed by atoms with Gasteiger partial charge < -0.3 is 14.5 Å². The monoisotopic (exact) mass is 387 g/mol. The summed E-state index contributed by atoms with van der Waals surface area (Å²) >= 11 is 0. The standard InChI is InChI=1S/C22H29NO5/c1-4-27-20(25)19-13(3)23-12(2)18(19)17(24)11-28-21(26)22-8-14-5-15(9-22)7-16(6-14)10-22/h14-16,23H,4-11H2,1-3H3. The van der Waals surface area contributed by atoms with Crippen LogP contribution < -0.4 is 0 Å². The molecule has 0 radical (unpaired) electrons. The van der Waals surface area contributed by atoms with Gasteiger partial charge in [-0.25, -0.2) is 4.79 Å². The summed E-state index contributed by atoms with van der Waals surface area (Å²) in [6.45, 7) is 5.10. The highest BCUT2D eigenvalue weighted by Crippen LogP contribution is 2.60. The second-order valence-corrected chi connectivity index (χ2v) is 9.04. The first-order valence-corrected chi connectivity index (χ1v) is 10.4. The van der Waals surface area contributed by atoms with Gasteiger partial charge in [0.1, 0.15) is 0 Å². The van der Waals surface area contributed by atoms with Crippen molar-refractivity contribution in [1.29, 1.82) is 0 Å². The van der Waals surface area contributed by atoms with Crippen molar-refractivity contribution in [2.45, 2.75) is 59.3 Å². The third kappa shape index (κ3) is 3.16. The molecule has 4 fully saturated rings. The van der Waals surface area contributed by atoms with Crippen molar-refractivity contribution in [2.24, 2.45) is 23.2 Å². The minimum atomic E-state index is -0.528. The van der Waals surface area contributed by atoms with E-state index in [0.29, 0.717) is 29.1 Å². The number of rotatable bonds is 6. The highest BCUT2D eigenvalue weighted by atomic mass is 16.5. The summed E-state index contributed by atoms with van der Waals surface area (Å²) in [6, 6.07) is 0. The number of Topliss-reactive ketones (excluding diaryl/α,β-unsaturated/α-hetero) is 1. The normalized spacial score (nSPS) is 30.3. The van der Waals surface area contributed by atoms with Crippen molar-refractivity contribution >= 4 is 17.7 Å². The Bertz CT molecular complexity index is 786. The van der Waals surface area contributed by atoms with E-state index >= 15 is 0 Å². The minimum Gasteiger partial charge on any atom is -0.462 e. The molecule has 28 heavy (non-hydrogen) atoms. The van der Waals surface area contributed by atoms with Gasteiger partial charge in [0.25, 0.3) is 0 Å². The highest BCUT2D eigenvalue weighted by molar-refractivity contribution is 6.09. The average Bonchev–Trinajstić information content (AvgIpc) is 2.92. The molecule has 0 spiro atoms. The molecule has 0 aliphatic heterocycles. The fourth-order valence-corrected chi connectivity index (χ4v) is 6.31. The van der Waals surface area contributed by atoms with E-state index < -0.39 is 5.97 Å². The molecule has 4 aliphatic carbocycles. The van der Waals surface area contributed by atoms with Crippen LogP contribution in [0.3, 0.4) is 0 Å². The number of hydrogen-bond acceptors (Lipinski definition) is 5. The summed E-state index contributed by atoms with van der Waals surface area (Å²) in [6.07, 6.45) is 6.45. The first kappa shape index (κ1) is 19.2. The number of carbonyl (C=O) groups excluding carboxylic acids is 3. The zero-order chi connectivity index (χ0) is 20.1. The van der Waals surface area contributed by atoms with Crippen LogP contribution in [0.5, 0.6) is 0 Å². The van der Waals surface area contributed by atoms with E-state index in [4.69, 9.17) is 9.47 Å². The number of H-pyrrole nitrogens is 1. The molecule has 1 aromatic heterocycles. The molecule has 6 heteroatoms. The van der Waals surface area contributed by atoms with E-state index in [-0.39, 0.29) is 41.5 Å². The lowest BCUT2D eigenvalue weighted by Crippen LogP contribution is -2.50. The van der Waals surface area contributed by atoms with Crippen LogP contribution in [0.25, 0.3) is 0 Å². The van der Waals surface area contributed by atoms with Gasteiger partial charge >= 0.3 is 11.9 Å². The van der Waals surface area contributed by atoms with E-state index in [1.807, 2.05) is 0 Å².